The monoisotopic (exact) mass is 377 g/mol. The Kier molecular flexibility index (Phi) is 4.64. The molecule has 1 N–H and O–H groups in total. The lowest BCUT2D eigenvalue weighted by Crippen LogP contribution is -2.44. The van der Waals surface area contributed by atoms with Crippen LogP contribution in [-0.2, 0) is 0 Å². The topological polar surface area (TPSA) is 54.7 Å². The van der Waals surface area contributed by atoms with Gasteiger partial charge in [0.15, 0.2) is 5.65 Å². The van der Waals surface area contributed by atoms with Gasteiger partial charge in [0.25, 0.3) is 0 Å². The van der Waals surface area contributed by atoms with Crippen molar-refractivity contribution in [3.8, 4) is 16.9 Å². The predicted octanol–water partition coefficient (Wildman–Crippen LogP) is 3.75. The van der Waals surface area contributed by atoms with Gasteiger partial charge in [0, 0.05) is 30.9 Å². The van der Waals surface area contributed by atoms with E-state index in [9.17, 15) is 0 Å². The SMILES string of the molecule is Cc1cc2cc(c1)-c1cnn3ccc(nc13)NCC1CCCCN1CCCO2. The van der Waals surface area contributed by atoms with Crippen molar-refractivity contribution < 1.29 is 4.74 Å². The standard InChI is InChI=1S/C22H27N5O/c1-16-11-17-13-19(12-16)28-10-4-8-26-7-3-2-5-18(26)14-23-21-6-9-27-22(25-21)20(17)15-24-27/h6,9,11-13,15,18H,2-5,7-8,10,14H2,1H3,(H,23,25). The predicted molar refractivity (Wildman–Crippen MR) is 111 cm³/mol. The number of fused-ring (bicyclic) bond motifs is 5. The van der Waals surface area contributed by atoms with Crippen LogP contribution < -0.4 is 10.1 Å². The average Bonchev–Trinajstić information content (AvgIpc) is 3.13. The van der Waals surface area contributed by atoms with Crippen LogP contribution in [-0.4, -0.2) is 51.8 Å². The zero-order valence-electron chi connectivity index (χ0n) is 16.4. The molecular formula is C22H27N5O. The van der Waals surface area contributed by atoms with E-state index >= 15 is 0 Å². The lowest BCUT2D eigenvalue weighted by atomic mass is 10.0. The van der Waals surface area contributed by atoms with Crippen molar-refractivity contribution in [1.29, 1.82) is 0 Å². The zero-order chi connectivity index (χ0) is 18.9. The van der Waals surface area contributed by atoms with E-state index in [1.807, 2.05) is 23.0 Å². The zero-order valence-corrected chi connectivity index (χ0v) is 16.4. The fraction of sp³-hybridized carbons (Fsp3) is 0.455. The molecule has 1 unspecified atom stereocenters. The van der Waals surface area contributed by atoms with Crippen molar-refractivity contribution in [1.82, 2.24) is 19.5 Å². The van der Waals surface area contributed by atoms with Crippen molar-refractivity contribution in [2.45, 2.75) is 38.6 Å². The second-order valence-corrected chi connectivity index (χ2v) is 7.94. The molecule has 0 saturated carbocycles. The number of rotatable bonds is 0. The number of anilines is 1. The molecule has 3 aromatic rings. The number of ether oxygens (including phenoxy) is 1. The summed E-state index contributed by atoms with van der Waals surface area (Å²) in [5.74, 6) is 1.84. The van der Waals surface area contributed by atoms with E-state index in [0.717, 1.165) is 54.5 Å². The number of hydrogen-bond acceptors (Lipinski definition) is 5. The largest absolute Gasteiger partial charge is 0.494 e. The van der Waals surface area contributed by atoms with Gasteiger partial charge in [0.1, 0.15) is 11.6 Å². The molecule has 5 rings (SSSR count). The van der Waals surface area contributed by atoms with Gasteiger partial charge in [-0.2, -0.15) is 5.10 Å². The first-order valence-corrected chi connectivity index (χ1v) is 10.3. The first-order chi connectivity index (χ1) is 13.8. The number of nitrogens with zero attached hydrogens (tertiary/aromatic N) is 4. The summed E-state index contributed by atoms with van der Waals surface area (Å²) in [5.41, 5.74) is 4.19. The molecule has 6 heteroatoms. The first kappa shape index (κ1) is 17.5. The van der Waals surface area contributed by atoms with Gasteiger partial charge in [-0.15, -0.1) is 0 Å². The molecule has 28 heavy (non-hydrogen) atoms. The molecule has 0 spiro atoms. The van der Waals surface area contributed by atoms with Gasteiger partial charge in [0.05, 0.1) is 12.8 Å². The third-order valence-corrected chi connectivity index (χ3v) is 5.86. The molecule has 4 bridgehead atoms. The fourth-order valence-electron chi connectivity index (χ4n) is 4.42. The number of benzene rings is 1. The molecule has 2 aliphatic rings. The van der Waals surface area contributed by atoms with Gasteiger partial charge in [0.2, 0.25) is 0 Å². The molecule has 2 aromatic heterocycles. The van der Waals surface area contributed by atoms with Crippen LogP contribution in [0.15, 0.2) is 36.7 Å². The first-order valence-electron chi connectivity index (χ1n) is 10.3. The maximum atomic E-state index is 6.12. The molecule has 1 aromatic carbocycles. The summed E-state index contributed by atoms with van der Waals surface area (Å²) in [6.45, 7) is 6.05. The van der Waals surface area contributed by atoms with Crippen molar-refractivity contribution in [2.24, 2.45) is 0 Å². The second-order valence-electron chi connectivity index (χ2n) is 7.94. The summed E-state index contributed by atoms with van der Waals surface area (Å²) in [5, 5.41) is 8.07. The summed E-state index contributed by atoms with van der Waals surface area (Å²) in [6, 6.07) is 8.96. The van der Waals surface area contributed by atoms with Crippen molar-refractivity contribution in [3.63, 3.8) is 0 Å². The summed E-state index contributed by atoms with van der Waals surface area (Å²) < 4.78 is 7.96. The maximum absolute atomic E-state index is 6.12. The fourth-order valence-corrected chi connectivity index (χ4v) is 4.42. The van der Waals surface area contributed by atoms with Crippen LogP contribution in [0.5, 0.6) is 5.75 Å². The summed E-state index contributed by atoms with van der Waals surface area (Å²) in [7, 11) is 0. The molecule has 0 amide bonds. The van der Waals surface area contributed by atoms with E-state index in [0.29, 0.717) is 6.04 Å². The number of nitrogens with one attached hydrogen (secondary N) is 1. The Bertz CT molecular complexity index is 982. The van der Waals surface area contributed by atoms with Gasteiger partial charge < -0.3 is 10.1 Å². The number of aryl methyl sites for hydroxylation is 1. The molecule has 1 saturated heterocycles. The minimum Gasteiger partial charge on any atom is -0.494 e. The third kappa shape index (κ3) is 3.44. The minimum atomic E-state index is 0.560. The number of hydrogen-bond donors (Lipinski definition) is 1. The van der Waals surface area contributed by atoms with Gasteiger partial charge >= 0.3 is 0 Å². The van der Waals surface area contributed by atoms with Crippen molar-refractivity contribution in [3.05, 3.63) is 42.2 Å². The molecule has 0 radical (unpaired) electrons. The lowest BCUT2D eigenvalue weighted by Gasteiger charge is -2.36. The van der Waals surface area contributed by atoms with E-state index in [-0.39, 0.29) is 0 Å². The Morgan fingerprint density at radius 1 is 1.14 bits per heavy atom. The van der Waals surface area contributed by atoms with Crippen LogP contribution in [0.4, 0.5) is 5.82 Å². The van der Waals surface area contributed by atoms with Crippen LogP contribution in [0, 0.1) is 6.92 Å². The number of aromatic nitrogens is 3. The highest BCUT2D eigenvalue weighted by Crippen LogP contribution is 2.29. The molecule has 0 aliphatic carbocycles. The third-order valence-electron chi connectivity index (χ3n) is 5.86. The van der Waals surface area contributed by atoms with E-state index in [4.69, 9.17) is 9.72 Å². The second kappa shape index (κ2) is 7.43. The van der Waals surface area contributed by atoms with Gasteiger partial charge in [-0.3, -0.25) is 4.90 Å². The van der Waals surface area contributed by atoms with Crippen LogP contribution in [0.2, 0.25) is 0 Å². The van der Waals surface area contributed by atoms with E-state index in [1.54, 1.807) is 0 Å². The average molecular weight is 377 g/mol. The number of piperidine rings is 1. The Labute approximate surface area is 165 Å². The molecule has 146 valence electrons. The lowest BCUT2D eigenvalue weighted by molar-refractivity contribution is 0.144. The van der Waals surface area contributed by atoms with E-state index in [2.05, 4.69) is 40.4 Å². The Balaban J connectivity index is 1.55. The Morgan fingerprint density at radius 3 is 3.04 bits per heavy atom. The van der Waals surface area contributed by atoms with Crippen LogP contribution in [0.3, 0.4) is 0 Å². The molecule has 6 nitrogen and oxygen atoms in total. The van der Waals surface area contributed by atoms with Gasteiger partial charge in [-0.05, 0) is 62.1 Å². The Morgan fingerprint density at radius 2 is 2.07 bits per heavy atom. The molecule has 2 aliphatic heterocycles. The van der Waals surface area contributed by atoms with Gasteiger partial charge in [-0.25, -0.2) is 9.50 Å². The Hall–Kier alpha value is -2.60. The molecule has 4 heterocycles. The highest BCUT2D eigenvalue weighted by Gasteiger charge is 2.22. The smallest absolute Gasteiger partial charge is 0.165 e. The van der Waals surface area contributed by atoms with Crippen LogP contribution >= 0.6 is 0 Å². The summed E-state index contributed by atoms with van der Waals surface area (Å²) in [4.78, 5) is 7.49. The summed E-state index contributed by atoms with van der Waals surface area (Å²) >= 11 is 0. The highest BCUT2D eigenvalue weighted by molar-refractivity contribution is 5.78. The minimum absolute atomic E-state index is 0.560. The van der Waals surface area contributed by atoms with Crippen molar-refractivity contribution in [2.75, 3.05) is 31.6 Å². The normalized spacial score (nSPS) is 20.7. The van der Waals surface area contributed by atoms with E-state index in [1.165, 1.54) is 31.4 Å². The highest BCUT2D eigenvalue weighted by atomic mass is 16.5. The van der Waals surface area contributed by atoms with Crippen molar-refractivity contribution >= 4 is 11.5 Å². The maximum Gasteiger partial charge on any atom is 0.165 e. The van der Waals surface area contributed by atoms with Crippen LogP contribution in [0.1, 0.15) is 31.2 Å². The quantitative estimate of drug-likeness (QED) is 0.647. The van der Waals surface area contributed by atoms with Crippen LogP contribution in [0.25, 0.3) is 16.8 Å². The molecular weight excluding hydrogens is 350 g/mol. The summed E-state index contributed by atoms with van der Waals surface area (Å²) in [6.07, 6.45) is 8.77. The molecule has 1 fully saturated rings. The molecule has 1 atom stereocenters. The van der Waals surface area contributed by atoms with E-state index < -0.39 is 0 Å². The van der Waals surface area contributed by atoms with Gasteiger partial charge in [-0.1, -0.05) is 12.5 Å².